The summed E-state index contributed by atoms with van der Waals surface area (Å²) >= 11 is 0. The molecule has 0 saturated carbocycles. The maximum Gasteiger partial charge on any atom is 0.170 e. The van der Waals surface area contributed by atoms with Crippen LogP contribution >= 0.6 is 0 Å². The molecule has 3 nitrogen and oxygen atoms in total. The summed E-state index contributed by atoms with van der Waals surface area (Å²) in [5.41, 5.74) is 6.06. The Labute approximate surface area is 71.6 Å². The van der Waals surface area contributed by atoms with Gasteiger partial charge in [0.2, 0.25) is 0 Å². The number of nitrogens with two attached hydrogens (primary N) is 1. The Morgan fingerprint density at radius 2 is 2.50 bits per heavy atom. The highest BCUT2D eigenvalue weighted by atomic mass is 16.3. The van der Waals surface area contributed by atoms with Crippen molar-refractivity contribution in [2.24, 2.45) is 11.7 Å². The summed E-state index contributed by atoms with van der Waals surface area (Å²) in [6.07, 6.45) is 3.73. The first-order valence-electron chi connectivity index (χ1n) is 4.06. The third-order valence-corrected chi connectivity index (χ3v) is 1.95. The van der Waals surface area contributed by atoms with Crippen molar-refractivity contribution in [1.82, 2.24) is 0 Å². The van der Waals surface area contributed by atoms with Crippen LogP contribution in [0, 0.1) is 5.92 Å². The largest absolute Gasteiger partial charge is 0.472 e. The van der Waals surface area contributed by atoms with Crippen LogP contribution in [0.5, 0.6) is 0 Å². The van der Waals surface area contributed by atoms with E-state index in [1.54, 1.807) is 6.07 Å². The summed E-state index contributed by atoms with van der Waals surface area (Å²) in [6.45, 7) is 2.36. The highest BCUT2D eigenvalue weighted by Gasteiger charge is 2.16. The highest BCUT2D eigenvalue weighted by molar-refractivity contribution is 5.97. The minimum absolute atomic E-state index is 0.0670. The van der Waals surface area contributed by atoms with Crippen LogP contribution in [0.4, 0.5) is 0 Å². The number of Topliss-reactive ketones (excluding diaryl/α,β-unsaturated/α-hetero) is 1. The molecule has 66 valence electrons. The molecular weight excluding hydrogens is 154 g/mol. The lowest BCUT2D eigenvalue weighted by atomic mass is 9.97. The Kier molecular flexibility index (Phi) is 3.05. The fourth-order valence-electron chi connectivity index (χ4n) is 1.10. The van der Waals surface area contributed by atoms with Gasteiger partial charge in [-0.15, -0.1) is 0 Å². The fourth-order valence-corrected chi connectivity index (χ4v) is 1.10. The summed E-state index contributed by atoms with van der Waals surface area (Å²) in [5.74, 6) is 0.0105. The van der Waals surface area contributed by atoms with Gasteiger partial charge in [0.1, 0.15) is 6.26 Å². The summed E-state index contributed by atoms with van der Waals surface area (Å²) in [4.78, 5) is 11.5. The molecule has 0 bridgehead atoms. The van der Waals surface area contributed by atoms with Crippen LogP contribution < -0.4 is 5.73 Å². The predicted molar refractivity (Wildman–Crippen MR) is 45.9 cm³/mol. The van der Waals surface area contributed by atoms with E-state index in [4.69, 9.17) is 10.2 Å². The predicted octanol–water partition coefficient (Wildman–Crippen LogP) is 1.45. The second-order valence-electron chi connectivity index (χ2n) is 2.72. The van der Waals surface area contributed by atoms with Crippen LogP contribution in [0.15, 0.2) is 23.0 Å². The van der Waals surface area contributed by atoms with E-state index >= 15 is 0 Å². The van der Waals surface area contributed by atoms with E-state index in [1.165, 1.54) is 12.5 Å². The van der Waals surface area contributed by atoms with Gasteiger partial charge in [-0.2, -0.15) is 0 Å². The maximum absolute atomic E-state index is 11.5. The minimum atomic E-state index is -0.0670. The molecule has 0 saturated heterocycles. The maximum atomic E-state index is 11.5. The monoisotopic (exact) mass is 167 g/mol. The number of hydrogen-bond acceptors (Lipinski definition) is 3. The average Bonchev–Trinajstić information content (AvgIpc) is 2.58. The lowest BCUT2D eigenvalue weighted by Crippen LogP contribution is -2.22. The molecule has 1 heterocycles. The van der Waals surface area contributed by atoms with Crippen LogP contribution in [-0.2, 0) is 0 Å². The Morgan fingerprint density at radius 3 is 2.92 bits per heavy atom. The molecule has 0 aliphatic rings. The molecule has 0 amide bonds. The summed E-state index contributed by atoms with van der Waals surface area (Å²) in [7, 11) is 0. The van der Waals surface area contributed by atoms with Gasteiger partial charge in [-0.1, -0.05) is 6.92 Å². The highest BCUT2D eigenvalue weighted by Crippen LogP contribution is 2.11. The number of rotatable bonds is 4. The number of carbonyl (C=O) groups excluding carboxylic acids is 1. The minimum Gasteiger partial charge on any atom is -0.472 e. The molecule has 0 radical (unpaired) electrons. The van der Waals surface area contributed by atoms with E-state index in [0.29, 0.717) is 12.1 Å². The zero-order valence-electron chi connectivity index (χ0n) is 7.12. The number of ketones is 1. The van der Waals surface area contributed by atoms with Crippen molar-refractivity contribution in [2.45, 2.75) is 13.3 Å². The van der Waals surface area contributed by atoms with Crippen molar-refractivity contribution in [2.75, 3.05) is 6.54 Å². The van der Waals surface area contributed by atoms with E-state index in [9.17, 15) is 4.79 Å². The quantitative estimate of drug-likeness (QED) is 0.690. The van der Waals surface area contributed by atoms with E-state index in [1.807, 2.05) is 6.92 Å². The van der Waals surface area contributed by atoms with Crippen LogP contribution in [0.3, 0.4) is 0 Å². The van der Waals surface area contributed by atoms with Crippen LogP contribution in [0.25, 0.3) is 0 Å². The number of hydrogen-bond donors (Lipinski definition) is 1. The van der Waals surface area contributed by atoms with Crippen molar-refractivity contribution in [3.8, 4) is 0 Å². The van der Waals surface area contributed by atoms with Gasteiger partial charge in [0.25, 0.3) is 0 Å². The normalized spacial score (nSPS) is 12.8. The van der Waals surface area contributed by atoms with Gasteiger partial charge in [-0.05, 0) is 12.5 Å². The molecule has 0 spiro atoms. The molecule has 1 unspecified atom stereocenters. The molecule has 12 heavy (non-hydrogen) atoms. The Balaban J connectivity index is 2.70. The van der Waals surface area contributed by atoms with Crippen molar-refractivity contribution in [3.63, 3.8) is 0 Å². The van der Waals surface area contributed by atoms with E-state index in [2.05, 4.69) is 0 Å². The average molecular weight is 167 g/mol. The van der Waals surface area contributed by atoms with Gasteiger partial charge in [-0.25, -0.2) is 0 Å². The Hall–Kier alpha value is -1.09. The number of furan rings is 1. The fraction of sp³-hybridized carbons (Fsp3) is 0.444. The molecule has 1 rings (SSSR count). The van der Waals surface area contributed by atoms with E-state index in [0.717, 1.165) is 6.42 Å². The second kappa shape index (κ2) is 4.07. The molecule has 1 aromatic heterocycles. The first-order chi connectivity index (χ1) is 5.79. The molecule has 0 aliphatic heterocycles. The lowest BCUT2D eigenvalue weighted by Gasteiger charge is -2.07. The van der Waals surface area contributed by atoms with Gasteiger partial charge < -0.3 is 10.2 Å². The third kappa shape index (κ3) is 1.74. The topological polar surface area (TPSA) is 56.2 Å². The van der Waals surface area contributed by atoms with Crippen molar-refractivity contribution in [3.05, 3.63) is 24.2 Å². The summed E-state index contributed by atoms with van der Waals surface area (Å²) in [6, 6.07) is 1.67. The smallest absolute Gasteiger partial charge is 0.170 e. The van der Waals surface area contributed by atoms with Crippen LogP contribution in [-0.4, -0.2) is 12.3 Å². The molecule has 2 N–H and O–H groups in total. The SMILES string of the molecule is CCC(CN)C(=O)c1ccoc1. The molecule has 0 aliphatic carbocycles. The Morgan fingerprint density at radius 1 is 1.75 bits per heavy atom. The molecule has 3 heteroatoms. The van der Waals surface area contributed by atoms with Crippen molar-refractivity contribution < 1.29 is 9.21 Å². The van der Waals surface area contributed by atoms with E-state index < -0.39 is 0 Å². The molecular formula is C9H13NO2. The number of carbonyl (C=O) groups is 1. The van der Waals surface area contributed by atoms with Crippen molar-refractivity contribution >= 4 is 5.78 Å². The second-order valence-corrected chi connectivity index (χ2v) is 2.72. The summed E-state index contributed by atoms with van der Waals surface area (Å²) in [5, 5.41) is 0. The molecule has 0 fully saturated rings. The van der Waals surface area contributed by atoms with E-state index in [-0.39, 0.29) is 11.7 Å². The van der Waals surface area contributed by atoms with Gasteiger partial charge in [0, 0.05) is 12.5 Å². The van der Waals surface area contributed by atoms with Gasteiger partial charge in [-0.3, -0.25) is 4.79 Å². The van der Waals surface area contributed by atoms with Crippen LogP contribution in [0.1, 0.15) is 23.7 Å². The molecule has 1 atom stereocenters. The van der Waals surface area contributed by atoms with Gasteiger partial charge in [0.15, 0.2) is 5.78 Å². The first-order valence-corrected chi connectivity index (χ1v) is 4.06. The van der Waals surface area contributed by atoms with Crippen LogP contribution in [0.2, 0.25) is 0 Å². The standard InChI is InChI=1S/C9H13NO2/c1-2-7(5-10)9(11)8-3-4-12-6-8/h3-4,6-7H,2,5,10H2,1H3. The molecule has 0 aromatic carbocycles. The Bertz CT molecular complexity index is 237. The first kappa shape index (κ1) is 9.00. The third-order valence-electron chi connectivity index (χ3n) is 1.95. The zero-order chi connectivity index (χ0) is 8.97. The molecule has 1 aromatic rings. The zero-order valence-corrected chi connectivity index (χ0v) is 7.12. The van der Waals surface area contributed by atoms with Gasteiger partial charge >= 0.3 is 0 Å². The van der Waals surface area contributed by atoms with Gasteiger partial charge in [0.05, 0.1) is 11.8 Å². The summed E-state index contributed by atoms with van der Waals surface area (Å²) < 4.78 is 4.81. The van der Waals surface area contributed by atoms with Crippen molar-refractivity contribution in [1.29, 1.82) is 0 Å². The lowest BCUT2D eigenvalue weighted by molar-refractivity contribution is 0.0921.